The zero-order valence-corrected chi connectivity index (χ0v) is 11.2. The highest BCUT2D eigenvalue weighted by molar-refractivity contribution is 6.12. The van der Waals surface area contributed by atoms with Gasteiger partial charge in [-0.2, -0.15) is 0 Å². The van der Waals surface area contributed by atoms with Crippen molar-refractivity contribution in [3.8, 4) is 11.1 Å². The molecule has 0 nitrogen and oxygen atoms in total. The van der Waals surface area contributed by atoms with Gasteiger partial charge < -0.3 is 0 Å². The molecule has 0 atom stereocenters. The van der Waals surface area contributed by atoms with Crippen LogP contribution in [0.15, 0.2) is 60.7 Å². The van der Waals surface area contributed by atoms with E-state index in [-0.39, 0.29) is 0 Å². The lowest BCUT2D eigenvalue weighted by Crippen LogP contribution is -1.98. The van der Waals surface area contributed by atoms with E-state index in [0.29, 0.717) is 0 Å². The van der Waals surface area contributed by atoms with E-state index < -0.39 is 0 Å². The Bertz CT molecular complexity index is 897. The third kappa shape index (κ3) is 1.17. The van der Waals surface area contributed by atoms with Crippen molar-refractivity contribution >= 4 is 16.3 Å². The van der Waals surface area contributed by atoms with Crippen molar-refractivity contribution in [1.82, 2.24) is 0 Å². The summed E-state index contributed by atoms with van der Waals surface area (Å²) in [5, 5.41) is 2.77. The lowest BCUT2D eigenvalue weighted by molar-refractivity contribution is 0.985. The number of fused-ring (bicyclic) bond motifs is 5. The molecule has 2 aliphatic rings. The van der Waals surface area contributed by atoms with Gasteiger partial charge in [0.25, 0.3) is 0 Å². The van der Waals surface area contributed by atoms with E-state index in [1.165, 1.54) is 50.6 Å². The van der Waals surface area contributed by atoms with E-state index in [2.05, 4.69) is 60.7 Å². The van der Waals surface area contributed by atoms with Crippen LogP contribution >= 0.6 is 0 Å². The van der Waals surface area contributed by atoms with Crippen LogP contribution in [0.1, 0.15) is 23.1 Å². The Morgan fingerprint density at radius 2 is 1.55 bits per heavy atom. The molecule has 0 bridgehead atoms. The monoisotopic (exact) mass is 254 g/mol. The van der Waals surface area contributed by atoms with Crippen molar-refractivity contribution < 1.29 is 0 Å². The summed E-state index contributed by atoms with van der Waals surface area (Å²) in [6, 6.07) is 20.0. The summed E-state index contributed by atoms with van der Waals surface area (Å²) in [5.74, 6) is 0. The van der Waals surface area contributed by atoms with E-state index in [9.17, 15) is 0 Å². The third-order valence-electron chi connectivity index (χ3n) is 4.65. The highest BCUT2D eigenvalue weighted by atomic mass is 14.3. The standard InChI is InChI=1S/C20H14/c1-2-8-15-13(6-1)12-14-7-5-11-17-16-9-3-4-10-18(16)20(15)19(14)17/h1-4,6,8-12H,5,7H2. The Hall–Kier alpha value is -2.34. The fourth-order valence-corrected chi connectivity index (χ4v) is 3.84. The van der Waals surface area contributed by atoms with Gasteiger partial charge in [-0.25, -0.2) is 0 Å². The van der Waals surface area contributed by atoms with Crippen molar-refractivity contribution in [3.63, 3.8) is 0 Å². The van der Waals surface area contributed by atoms with Gasteiger partial charge in [-0.3, -0.25) is 0 Å². The van der Waals surface area contributed by atoms with Gasteiger partial charge >= 0.3 is 0 Å². The number of rotatable bonds is 0. The fourth-order valence-electron chi connectivity index (χ4n) is 3.84. The fraction of sp³-hybridized carbons (Fsp3) is 0.100. The number of allylic oxidation sites excluding steroid dienone is 1. The molecule has 3 aromatic rings. The van der Waals surface area contributed by atoms with Crippen molar-refractivity contribution in [1.29, 1.82) is 0 Å². The van der Waals surface area contributed by atoms with Gasteiger partial charge in [0.1, 0.15) is 0 Å². The van der Waals surface area contributed by atoms with Crippen molar-refractivity contribution in [2.75, 3.05) is 0 Å². The second kappa shape index (κ2) is 3.61. The Balaban J connectivity index is 2.06. The van der Waals surface area contributed by atoms with E-state index in [4.69, 9.17) is 0 Å². The van der Waals surface area contributed by atoms with Gasteiger partial charge in [-0.15, -0.1) is 0 Å². The minimum Gasteiger partial charge on any atom is -0.0757 e. The number of hydrogen-bond acceptors (Lipinski definition) is 0. The predicted octanol–water partition coefficient (Wildman–Crippen LogP) is 5.20. The smallest absolute Gasteiger partial charge is 0.00177 e. The number of hydrogen-bond donors (Lipinski definition) is 0. The van der Waals surface area contributed by atoms with Crippen molar-refractivity contribution in [2.45, 2.75) is 12.8 Å². The van der Waals surface area contributed by atoms with Gasteiger partial charge in [0.05, 0.1) is 0 Å². The summed E-state index contributed by atoms with van der Waals surface area (Å²) in [7, 11) is 0. The van der Waals surface area contributed by atoms with Crippen LogP contribution < -0.4 is 0 Å². The topological polar surface area (TPSA) is 0 Å². The highest BCUT2D eigenvalue weighted by Crippen LogP contribution is 2.50. The minimum atomic E-state index is 1.16. The summed E-state index contributed by atoms with van der Waals surface area (Å²) < 4.78 is 0. The van der Waals surface area contributed by atoms with E-state index in [0.717, 1.165) is 6.42 Å². The van der Waals surface area contributed by atoms with Crippen LogP contribution in [0.3, 0.4) is 0 Å². The first-order valence-corrected chi connectivity index (χ1v) is 7.28. The van der Waals surface area contributed by atoms with Crippen LogP contribution in [-0.4, -0.2) is 0 Å². The lowest BCUT2D eigenvalue weighted by Gasteiger charge is -2.16. The molecule has 0 radical (unpaired) electrons. The average Bonchev–Trinajstić information content (AvgIpc) is 2.85. The second-order valence-electron chi connectivity index (χ2n) is 5.71. The molecule has 94 valence electrons. The zero-order chi connectivity index (χ0) is 13.1. The molecule has 0 N–H and O–H groups in total. The molecular formula is C20H14. The SMILES string of the molecule is C1=C2c3ccccc3-c3c2c(cc2ccccc32)CC1. The molecule has 0 aromatic heterocycles. The Morgan fingerprint density at radius 1 is 0.750 bits per heavy atom. The summed E-state index contributed by atoms with van der Waals surface area (Å²) in [5.41, 5.74) is 8.76. The van der Waals surface area contributed by atoms with E-state index in [1.54, 1.807) is 0 Å². The molecule has 0 heteroatoms. The quantitative estimate of drug-likeness (QED) is 0.404. The predicted molar refractivity (Wildman–Crippen MR) is 84.8 cm³/mol. The maximum atomic E-state index is 2.42. The molecule has 0 saturated carbocycles. The normalized spacial score (nSPS) is 14.9. The molecule has 5 rings (SSSR count). The van der Waals surface area contributed by atoms with Crippen molar-refractivity contribution in [2.24, 2.45) is 0 Å². The first-order chi connectivity index (χ1) is 9.93. The van der Waals surface area contributed by atoms with Gasteiger partial charge in [0.2, 0.25) is 0 Å². The van der Waals surface area contributed by atoms with Crippen LogP contribution in [0, 0.1) is 0 Å². The molecule has 20 heavy (non-hydrogen) atoms. The first kappa shape index (κ1) is 10.4. The molecule has 0 saturated heterocycles. The second-order valence-corrected chi connectivity index (χ2v) is 5.71. The summed E-state index contributed by atoms with van der Waals surface area (Å²) in [4.78, 5) is 0. The molecule has 0 spiro atoms. The Morgan fingerprint density at radius 3 is 2.50 bits per heavy atom. The van der Waals surface area contributed by atoms with Gasteiger partial charge in [-0.1, -0.05) is 60.7 Å². The minimum absolute atomic E-state index is 1.16. The van der Waals surface area contributed by atoms with Crippen LogP contribution in [0.25, 0.3) is 27.5 Å². The summed E-state index contributed by atoms with van der Waals surface area (Å²) >= 11 is 0. The number of benzene rings is 3. The summed E-state index contributed by atoms with van der Waals surface area (Å²) in [6.07, 6.45) is 4.76. The van der Waals surface area contributed by atoms with Crippen LogP contribution in [0.4, 0.5) is 0 Å². The average molecular weight is 254 g/mol. The summed E-state index contributed by atoms with van der Waals surface area (Å²) in [6.45, 7) is 0. The van der Waals surface area contributed by atoms with Gasteiger partial charge in [-0.05, 0) is 57.0 Å². The Kier molecular flexibility index (Phi) is 1.88. The molecule has 0 amide bonds. The lowest BCUT2D eigenvalue weighted by atomic mass is 9.87. The third-order valence-corrected chi connectivity index (χ3v) is 4.65. The Labute approximate surface area is 118 Å². The molecule has 0 unspecified atom stereocenters. The molecule has 3 aromatic carbocycles. The van der Waals surface area contributed by atoms with Gasteiger partial charge in [0, 0.05) is 0 Å². The molecule has 0 aliphatic heterocycles. The largest absolute Gasteiger partial charge is 0.0757 e. The highest BCUT2D eigenvalue weighted by Gasteiger charge is 2.28. The van der Waals surface area contributed by atoms with E-state index in [1.807, 2.05) is 0 Å². The number of aryl methyl sites for hydroxylation is 1. The van der Waals surface area contributed by atoms with Crippen LogP contribution in [0.2, 0.25) is 0 Å². The maximum Gasteiger partial charge on any atom is -0.00177 e. The van der Waals surface area contributed by atoms with Gasteiger partial charge in [0.15, 0.2) is 0 Å². The molecule has 2 aliphatic carbocycles. The molecule has 0 heterocycles. The maximum absolute atomic E-state index is 2.42. The molecule has 0 fully saturated rings. The van der Waals surface area contributed by atoms with Crippen molar-refractivity contribution in [3.05, 3.63) is 77.4 Å². The van der Waals surface area contributed by atoms with Crippen LogP contribution in [0.5, 0.6) is 0 Å². The first-order valence-electron chi connectivity index (χ1n) is 7.28. The zero-order valence-electron chi connectivity index (χ0n) is 11.2. The van der Waals surface area contributed by atoms with Crippen LogP contribution in [-0.2, 0) is 6.42 Å². The van der Waals surface area contributed by atoms with E-state index >= 15 is 0 Å². The molecular weight excluding hydrogens is 240 g/mol.